The lowest BCUT2D eigenvalue weighted by Gasteiger charge is -2.34. The summed E-state index contributed by atoms with van der Waals surface area (Å²) >= 11 is 0. The van der Waals surface area contributed by atoms with E-state index in [4.69, 9.17) is 0 Å². The number of rotatable bonds is 2. The fourth-order valence-corrected chi connectivity index (χ4v) is 2.74. The van der Waals surface area contributed by atoms with Gasteiger partial charge >= 0.3 is 6.18 Å². The quantitative estimate of drug-likeness (QED) is 0.918. The fourth-order valence-electron chi connectivity index (χ4n) is 2.74. The summed E-state index contributed by atoms with van der Waals surface area (Å²) in [5.41, 5.74) is 0.530. The summed E-state index contributed by atoms with van der Waals surface area (Å²) in [6, 6.07) is 8.09. The second kappa shape index (κ2) is 6.60. The van der Waals surface area contributed by atoms with Crippen LogP contribution in [0.2, 0.25) is 0 Å². The van der Waals surface area contributed by atoms with Crippen LogP contribution in [0.25, 0.3) is 0 Å². The molecule has 1 N–H and O–H groups in total. The molecule has 0 bridgehead atoms. The molecule has 1 aromatic heterocycles. The molecule has 2 aromatic rings. The number of nitrogens with one attached hydrogen (secondary N) is 1. The minimum Gasteiger partial charge on any atom is -0.335 e. The largest absolute Gasteiger partial charge is 0.416 e. The van der Waals surface area contributed by atoms with Gasteiger partial charge in [-0.2, -0.15) is 13.2 Å². The lowest BCUT2D eigenvalue weighted by atomic mass is 10.0. The fraction of sp³-hybridized carbons (Fsp3) is 0.294. The van der Waals surface area contributed by atoms with Crippen molar-refractivity contribution in [1.82, 2.24) is 15.2 Å². The summed E-state index contributed by atoms with van der Waals surface area (Å²) in [4.78, 5) is 18.2. The van der Waals surface area contributed by atoms with Gasteiger partial charge in [0.1, 0.15) is 0 Å². The Morgan fingerprint density at radius 3 is 2.42 bits per heavy atom. The Labute approximate surface area is 137 Å². The number of nitrogens with zero attached hydrogens (tertiary/aromatic N) is 2. The smallest absolute Gasteiger partial charge is 0.335 e. The molecular weight excluding hydrogens is 319 g/mol. The van der Waals surface area contributed by atoms with Gasteiger partial charge in [0.05, 0.1) is 11.6 Å². The zero-order chi connectivity index (χ0) is 17.2. The van der Waals surface area contributed by atoms with Crippen LogP contribution in [0.3, 0.4) is 0 Å². The number of amides is 1. The van der Waals surface area contributed by atoms with E-state index < -0.39 is 11.7 Å². The van der Waals surface area contributed by atoms with Crippen LogP contribution < -0.4 is 5.32 Å². The Bertz CT molecular complexity index is 701. The number of hydrogen-bond acceptors (Lipinski definition) is 3. The molecule has 7 heteroatoms. The van der Waals surface area contributed by atoms with E-state index in [9.17, 15) is 18.0 Å². The van der Waals surface area contributed by atoms with Crippen molar-refractivity contribution in [2.45, 2.75) is 12.2 Å². The molecule has 3 rings (SSSR count). The molecule has 4 nitrogen and oxygen atoms in total. The van der Waals surface area contributed by atoms with Crippen LogP contribution in [0.1, 0.15) is 27.5 Å². The third-order valence-corrected chi connectivity index (χ3v) is 4.03. The number of benzene rings is 1. The lowest BCUT2D eigenvalue weighted by molar-refractivity contribution is -0.137. The average Bonchev–Trinajstić information content (AvgIpc) is 2.61. The molecule has 1 amide bonds. The number of pyridine rings is 1. The molecule has 1 atom stereocenters. The van der Waals surface area contributed by atoms with Crippen molar-refractivity contribution < 1.29 is 18.0 Å². The Balaban J connectivity index is 1.73. The van der Waals surface area contributed by atoms with Crippen molar-refractivity contribution in [3.8, 4) is 0 Å². The summed E-state index contributed by atoms with van der Waals surface area (Å²) in [5.74, 6) is -0.260. The number of piperazine rings is 1. The molecule has 1 aliphatic heterocycles. The zero-order valence-corrected chi connectivity index (χ0v) is 12.8. The zero-order valence-electron chi connectivity index (χ0n) is 12.8. The topological polar surface area (TPSA) is 45.2 Å². The number of alkyl halides is 3. The maximum atomic E-state index is 12.6. The van der Waals surface area contributed by atoms with Crippen LogP contribution in [0.4, 0.5) is 13.2 Å². The molecule has 0 aliphatic carbocycles. The second-order valence-electron chi connectivity index (χ2n) is 5.61. The second-order valence-corrected chi connectivity index (χ2v) is 5.61. The van der Waals surface area contributed by atoms with Crippen molar-refractivity contribution in [1.29, 1.82) is 0 Å². The van der Waals surface area contributed by atoms with E-state index >= 15 is 0 Å². The van der Waals surface area contributed by atoms with Gasteiger partial charge in [-0.1, -0.05) is 0 Å². The highest BCUT2D eigenvalue weighted by Gasteiger charge is 2.31. The van der Waals surface area contributed by atoms with E-state index in [2.05, 4.69) is 10.3 Å². The van der Waals surface area contributed by atoms with Crippen molar-refractivity contribution >= 4 is 5.91 Å². The first-order valence-electron chi connectivity index (χ1n) is 7.55. The van der Waals surface area contributed by atoms with Gasteiger partial charge < -0.3 is 10.2 Å². The molecule has 0 radical (unpaired) electrons. The summed E-state index contributed by atoms with van der Waals surface area (Å²) < 4.78 is 37.8. The van der Waals surface area contributed by atoms with Gasteiger partial charge in [-0.15, -0.1) is 0 Å². The highest BCUT2D eigenvalue weighted by Crippen LogP contribution is 2.29. The summed E-state index contributed by atoms with van der Waals surface area (Å²) in [5, 5.41) is 3.33. The number of aromatic nitrogens is 1. The molecule has 0 saturated carbocycles. The molecule has 0 spiro atoms. The first-order valence-corrected chi connectivity index (χ1v) is 7.55. The minimum absolute atomic E-state index is 0.0138. The SMILES string of the molecule is O=C(c1ccc(C(F)(F)F)cc1)N1CCN[C@@H](c2ccncc2)C1. The Morgan fingerprint density at radius 2 is 1.79 bits per heavy atom. The van der Waals surface area contributed by atoms with Crippen LogP contribution >= 0.6 is 0 Å². The summed E-state index contributed by atoms with van der Waals surface area (Å²) in [6.07, 6.45) is -1.02. The van der Waals surface area contributed by atoms with Gasteiger partial charge in [0.2, 0.25) is 0 Å². The van der Waals surface area contributed by atoms with Gasteiger partial charge in [0, 0.05) is 37.6 Å². The normalized spacial score (nSPS) is 18.5. The first-order chi connectivity index (χ1) is 11.4. The Hall–Kier alpha value is -2.41. The monoisotopic (exact) mass is 335 g/mol. The summed E-state index contributed by atoms with van der Waals surface area (Å²) in [7, 11) is 0. The van der Waals surface area contributed by atoms with Crippen molar-refractivity contribution in [3.05, 3.63) is 65.5 Å². The number of halogens is 3. The van der Waals surface area contributed by atoms with E-state index in [1.807, 2.05) is 12.1 Å². The average molecular weight is 335 g/mol. The van der Waals surface area contributed by atoms with Crippen LogP contribution in [0, 0.1) is 0 Å². The van der Waals surface area contributed by atoms with Gasteiger partial charge in [-0.3, -0.25) is 9.78 Å². The van der Waals surface area contributed by atoms with Crippen molar-refractivity contribution in [3.63, 3.8) is 0 Å². The van der Waals surface area contributed by atoms with Crippen molar-refractivity contribution in [2.75, 3.05) is 19.6 Å². The highest BCUT2D eigenvalue weighted by molar-refractivity contribution is 5.94. The van der Waals surface area contributed by atoms with Gasteiger partial charge in [0.15, 0.2) is 0 Å². The van der Waals surface area contributed by atoms with E-state index in [0.29, 0.717) is 19.6 Å². The molecule has 0 unspecified atom stereocenters. The molecule has 2 heterocycles. The highest BCUT2D eigenvalue weighted by atomic mass is 19.4. The van der Waals surface area contributed by atoms with Crippen LogP contribution in [0.5, 0.6) is 0 Å². The van der Waals surface area contributed by atoms with Gasteiger partial charge in [0.25, 0.3) is 5.91 Å². The van der Waals surface area contributed by atoms with Gasteiger partial charge in [-0.25, -0.2) is 0 Å². The Morgan fingerprint density at radius 1 is 1.12 bits per heavy atom. The predicted molar refractivity (Wildman–Crippen MR) is 82.3 cm³/mol. The third kappa shape index (κ3) is 3.56. The maximum Gasteiger partial charge on any atom is 0.416 e. The third-order valence-electron chi connectivity index (χ3n) is 4.03. The molecule has 1 aromatic carbocycles. The van der Waals surface area contributed by atoms with E-state index in [-0.39, 0.29) is 17.5 Å². The standard InChI is InChI=1S/C17H16F3N3O/c18-17(19,20)14-3-1-13(2-4-14)16(24)23-10-9-22-15(11-23)12-5-7-21-8-6-12/h1-8,15,22H,9-11H2/t15-/m1/s1. The maximum absolute atomic E-state index is 12.6. The summed E-state index contributed by atoms with van der Waals surface area (Å²) in [6.45, 7) is 1.60. The van der Waals surface area contributed by atoms with Crippen molar-refractivity contribution in [2.24, 2.45) is 0 Å². The minimum atomic E-state index is -4.40. The molecule has 1 saturated heterocycles. The van der Waals surface area contributed by atoms with E-state index in [1.54, 1.807) is 17.3 Å². The molecular formula is C17H16F3N3O. The Kier molecular flexibility index (Phi) is 4.53. The van der Waals surface area contributed by atoms with Crippen LogP contribution in [0.15, 0.2) is 48.8 Å². The number of carbonyl (C=O) groups excluding carboxylic acids is 1. The molecule has 24 heavy (non-hydrogen) atoms. The van der Waals surface area contributed by atoms with Crippen LogP contribution in [-0.4, -0.2) is 35.4 Å². The molecule has 1 fully saturated rings. The lowest BCUT2D eigenvalue weighted by Crippen LogP contribution is -2.48. The van der Waals surface area contributed by atoms with Gasteiger partial charge in [-0.05, 0) is 42.0 Å². The molecule has 126 valence electrons. The molecule has 1 aliphatic rings. The predicted octanol–water partition coefficient (Wildman–Crippen LogP) is 2.89. The number of hydrogen-bond donors (Lipinski definition) is 1. The van der Waals surface area contributed by atoms with E-state index in [0.717, 1.165) is 17.7 Å². The van der Waals surface area contributed by atoms with E-state index in [1.165, 1.54) is 12.1 Å². The first kappa shape index (κ1) is 16.4. The van der Waals surface area contributed by atoms with Crippen LogP contribution in [-0.2, 0) is 6.18 Å². The number of carbonyl (C=O) groups is 1.